The highest BCUT2D eigenvalue weighted by atomic mass is 16.5. The van der Waals surface area contributed by atoms with Crippen molar-refractivity contribution in [3.05, 3.63) is 70.3 Å². The summed E-state index contributed by atoms with van der Waals surface area (Å²) in [6.45, 7) is 12.4. The van der Waals surface area contributed by atoms with Gasteiger partial charge in [-0.05, 0) is 47.2 Å². The SMILES string of the molecule is CC1Cc2cc(C(O)=C3C(=O)C(=O)N(CCN4CCOCC4)C3c3ccc(C(C)(C)C)cc3)ccc2O1. The summed E-state index contributed by atoms with van der Waals surface area (Å²) in [5.74, 6) is -0.559. The highest BCUT2D eigenvalue weighted by Crippen LogP contribution is 2.41. The summed E-state index contributed by atoms with van der Waals surface area (Å²) >= 11 is 0. The second-order valence-electron chi connectivity index (χ2n) is 11.3. The number of carbonyl (C=O) groups is 2. The van der Waals surface area contributed by atoms with Crippen molar-refractivity contribution >= 4 is 17.4 Å². The van der Waals surface area contributed by atoms with Crippen molar-refractivity contribution in [1.29, 1.82) is 0 Å². The third kappa shape index (κ3) is 5.03. The van der Waals surface area contributed by atoms with E-state index in [-0.39, 0.29) is 22.9 Å². The largest absolute Gasteiger partial charge is 0.507 e. The van der Waals surface area contributed by atoms with E-state index in [0.717, 1.165) is 42.0 Å². The predicted molar refractivity (Wildman–Crippen MR) is 142 cm³/mol. The first kappa shape index (κ1) is 25.5. The molecule has 0 bridgehead atoms. The molecule has 0 saturated carbocycles. The van der Waals surface area contributed by atoms with Gasteiger partial charge in [-0.15, -0.1) is 0 Å². The van der Waals surface area contributed by atoms with Crippen molar-refractivity contribution in [2.75, 3.05) is 39.4 Å². The zero-order valence-corrected chi connectivity index (χ0v) is 22.1. The molecule has 1 N–H and O–H groups in total. The number of hydrogen-bond donors (Lipinski definition) is 1. The Kier molecular flexibility index (Phi) is 6.86. The molecule has 3 aliphatic heterocycles. The molecule has 2 aromatic carbocycles. The molecule has 7 heteroatoms. The molecule has 7 nitrogen and oxygen atoms in total. The highest BCUT2D eigenvalue weighted by Gasteiger charge is 2.46. The summed E-state index contributed by atoms with van der Waals surface area (Å²) < 4.78 is 11.2. The number of hydrogen-bond acceptors (Lipinski definition) is 6. The van der Waals surface area contributed by atoms with Gasteiger partial charge in [-0.25, -0.2) is 0 Å². The van der Waals surface area contributed by atoms with Crippen LogP contribution < -0.4 is 4.74 Å². The summed E-state index contributed by atoms with van der Waals surface area (Å²) in [5, 5.41) is 11.5. The van der Waals surface area contributed by atoms with Crippen molar-refractivity contribution in [3.63, 3.8) is 0 Å². The molecule has 37 heavy (non-hydrogen) atoms. The topological polar surface area (TPSA) is 79.3 Å². The lowest BCUT2D eigenvalue weighted by atomic mass is 9.85. The van der Waals surface area contributed by atoms with E-state index in [0.29, 0.717) is 31.9 Å². The summed E-state index contributed by atoms with van der Waals surface area (Å²) in [6.07, 6.45) is 0.807. The van der Waals surface area contributed by atoms with Crippen LogP contribution in [0.2, 0.25) is 0 Å². The zero-order chi connectivity index (χ0) is 26.3. The molecular weight excluding hydrogens is 468 g/mol. The van der Waals surface area contributed by atoms with Gasteiger partial charge in [0.15, 0.2) is 0 Å². The average Bonchev–Trinajstić information content (AvgIpc) is 3.37. The average molecular weight is 505 g/mol. The van der Waals surface area contributed by atoms with Gasteiger partial charge >= 0.3 is 0 Å². The standard InChI is InChI=1S/C30H36N2O5/c1-19-17-22-18-21(7-10-24(22)37-19)27(33)25-26(20-5-8-23(9-6-20)30(2,3)4)32(29(35)28(25)34)12-11-31-13-15-36-16-14-31/h5-10,18-19,26,33H,11-17H2,1-4H3. The maximum absolute atomic E-state index is 13.4. The molecule has 2 saturated heterocycles. The third-order valence-corrected chi connectivity index (χ3v) is 7.56. The molecule has 1 amide bonds. The summed E-state index contributed by atoms with van der Waals surface area (Å²) in [4.78, 5) is 30.6. The summed E-state index contributed by atoms with van der Waals surface area (Å²) in [7, 11) is 0. The van der Waals surface area contributed by atoms with E-state index < -0.39 is 17.7 Å². The summed E-state index contributed by atoms with van der Waals surface area (Å²) in [5.41, 5.74) is 3.61. The molecule has 2 aromatic rings. The van der Waals surface area contributed by atoms with Crippen molar-refractivity contribution in [1.82, 2.24) is 9.80 Å². The maximum atomic E-state index is 13.4. The molecular formula is C30H36N2O5. The number of nitrogens with zero attached hydrogens (tertiary/aromatic N) is 2. The van der Waals surface area contributed by atoms with Crippen LogP contribution in [0.25, 0.3) is 5.76 Å². The normalized spacial score (nSPS) is 23.8. The van der Waals surface area contributed by atoms with Crippen LogP contribution in [0.1, 0.15) is 56.0 Å². The number of aliphatic hydroxyl groups is 1. The summed E-state index contributed by atoms with van der Waals surface area (Å²) in [6, 6.07) is 12.8. The molecule has 3 heterocycles. The van der Waals surface area contributed by atoms with Gasteiger partial charge in [-0.3, -0.25) is 14.5 Å². The van der Waals surface area contributed by atoms with Crippen LogP contribution in [0.15, 0.2) is 48.0 Å². The number of fused-ring (bicyclic) bond motifs is 1. The van der Waals surface area contributed by atoms with Gasteiger partial charge in [0.2, 0.25) is 0 Å². The number of rotatable bonds is 5. The van der Waals surface area contributed by atoms with E-state index >= 15 is 0 Å². The Bertz CT molecular complexity index is 1220. The number of aliphatic hydroxyl groups excluding tert-OH is 1. The van der Waals surface area contributed by atoms with Crippen LogP contribution in [0.3, 0.4) is 0 Å². The Morgan fingerprint density at radius 1 is 1.03 bits per heavy atom. The van der Waals surface area contributed by atoms with E-state index in [1.165, 1.54) is 0 Å². The number of ketones is 1. The molecule has 0 spiro atoms. The smallest absolute Gasteiger partial charge is 0.295 e. The minimum atomic E-state index is -0.654. The zero-order valence-electron chi connectivity index (χ0n) is 22.1. The fourth-order valence-corrected chi connectivity index (χ4v) is 5.42. The highest BCUT2D eigenvalue weighted by molar-refractivity contribution is 6.46. The van der Waals surface area contributed by atoms with Crippen molar-refractivity contribution in [3.8, 4) is 5.75 Å². The minimum absolute atomic E-state index is 0.0275. The van der Waals surface area contributed by atoms with Gasteiger partial charge in [-0.2, -0.15) is 0 Å². The van der Waals surface area contributed by atoms with Gasteiger partial charge in [0.25, 0.3) is 11.7 Å². The van der Waals surface area contributed by atoms with E-state index in [1.807, 2.05) is 43.3 Å². The van der Waals surface area contributed by atoms with Crippen LogP contribution in [-0.4, -0.2) is 72.1 Å². The van der Waals surface area contributed by atoms with Gasteiger partial charge in [-0.1, -0.05) is 45.0 Å². The van der Waals surface area contributed by atoms with Crippen molar-refractivity contribution in [2.45, 2.75) is 51.7 Å². The predicted octanol–water partition coefficient (Wildman–Crippen LogP) is 4.06. The van der Waals surface area contributed by atoms with E-state index in [9.17, 15) is 14.7 Å². The lowest BCUT2D eigenvalue weighted by molar-refractivity contribution is -0.140. The van der Waals surface area contributed by atoms with Gasteiger partial charge < -0.3 is 19.5 Å². The second-order valence-corrected chi connectivity index (χ2v) is 11.3. The molecule has 2 fully saturated rings. The molecule has 2 atom stereocenters. The van der Waals surface area contributed by atoms with E-state index in [1.54, 1.807) is 11.0 Å². The lowest BCUT2D eigenvalue weighted by Gasteiger charge is -2.31. The van der Waals surface area contributed by atoms with Crippen molar-refractivity contribution in [2.24, 2.45) is 0 Å². The third-order valence-electron chi connectivity index (χ3n) is 7.56. The number of morpholine rings is 1. The number of ether oxygens (including phenoxy) is 2. The fourth-order valence-electron chi connectivity index (χ4n) is 5.42. The number of Topliss-reactive ketones (excluding diaryl/α,β-unsaturated/α-hetero) is 1. The van der Waals surface area contributed by atoms with E-state index in [2.05, 4.69) is 25.7 Å². The fraction of sp³-hybridized carbons (Fsp3) is 0.467. The van der Waals surface area contributed by atoms with Crippen molar-refractivity contribution < 1.29 is 24.2 Å². The molecule has 196 valence electrons. The van der Waals surface area contributed by atoms with Gasteiger partial charge in [0.05, 0.1) is 24.8 Å². The molecule has 0 aliphatic carbocycles. The number of carbonyl (C=O) groups excluding carboxylic acids is 2. The van der Waals surface area contributed by atoms with Gasteiger partial charge in [0, 0.05) is 38.2 Å². The lowest BCUT2D eigenvalue weighted by Crippen LogP contribution is -2.42. The Morgan fingerprint density at radius 2 is 1.73 bits per heavy atom. The maximum Gasteiger partial charge on any atom is 0.295 e. The Morgan fingerprint density at radius 3 is 2.41 bits per heavy atom. The number of benzene rings is 2. The minimum Gasteiger partial charge on any atom is -0.507 e. The Hall–Kier alpha value is -3.16. The first-order valence-corrected chi connectivity index (χ1v) is 13.1. The van der Waals surface area contributed by atoms with Crippen LogP contribution >= 0.6 is 0 Å². The second kappa shape index (κ2) is 9.95. The number of amides is 1. The van der Waals surface area contributed by atoms with E-state index in [4.69, 9.17) is 9.47 Å². The van der Waals surface area contributed by atoms with Crippen LogP contribution in [0, 0.1) is 0 Å². The Labute approximate surface area is 218 Å². The van der Waals surface area contributed by atoms with Gasteiger partial charge in [0.1, 0.15) is 17.6 Å². The monoisotopic (exact) mass is 504 g/mol. The molecule has 0 aromatic heterocycles. The first-order chi connectivity index (χ1) is 17.6. The molecule has 0 radical (unpaired) electrons. The molecule has 2 unspecified atom stereocenters. The van der Waals surface area contributed by atoms with Crippen LogP contribution in [0.4, 0.5) is 0 Å². The van der Waals surface area contributed by atoms with Crippen LogP contribution in [0.5, 0.6) is 5.75 Å². The first-order valence-electron chi connectivity index (χ1n) is 13.1. The van der Waals surface area contributed by atoms with Crippen LogP contribution in [-0.2, 0) is 26.2 Å². The Balaban J connectivity index is 1.54. The molecule has 3 aliphatic rings. The number of likely N-dealkylation sites (tertiary alicyclic amines) is 1. The quantitative estimate of drug-likeness (QED) is 0.376. The molecule has 5 rings (SSSR count).